The van der Waals surface area contributed by atoms with Crippen molar-refractivity contribution in [1.82, 2.24) is 5.32 Å². The first-order valence-corrected chi connectivity index (χ1v) is 5.85. The lowest BCUT2D eigenvalue weighted by atomic mass is 10.0. The summed E-state index contributed by atoms with van der Waals surface area (Å²) >= 11 is 0. The van der Waals surface area contributed by atoms with Gasteiger partial charge in [-0.2, -0.15) is 0 Å². The normalized spacial score (nSPS) is 17.6. The van der Waals surface area contributed by atoms with Crippen LogP contribution in [-0.2, 0) is 14.3 Å². The highest BCUT2D eigenvalue weighted by Gasteiger charge is 2.26. The van der Waals surface area contributed by atoms with Gasteiger partial charge in [0, 0.05) is 0 Å². The summed E-state index contributed by atoms with van der Waals surface area (Å²) in [6.07, 6.45) is 1.89. The summed E-state index contributed by atoms with van der Waals surface area (Å²) in [5.74, 6) is -0.627. The second kappa shape index (κ2) is 5.86. The molecule has 1 aliphatic heterocycles. The van der Waals surface area contributed by atoms with Gasteiger partial charge in [0.1, 0.15) is 11.6 Å². The third-order valence-corrected chi connectivity index (χ3v) is 2.25. The fourth-order valence-corrected chi connectivity index (χ4v) is 1.55. The van der Waals surface area contributed by atoms with Crippen LogP contribution in [0.2, 0.25) is 0 Å². The lowest BCUT2D eigenvalue weighted by Gasteiger charge is -2.24. The second-order valence-electron chi connectivity index (χ2n) is 5.10. The molecule has 0 aromatic carbocycles. The van der Waals surface area contributed by atoms with E-state index in [1.54, 1.807) is 20.8 Å². The lowest BCUT2D eigenvalue weighted by molar-refractivity contribution is -0.119. The summed E-state index contributed by atoms with van der Waals surface area (Å²) < 4.78 is 10.3. The number of ether oxygens (including phenoxy) is 2. The molecule has 0 aromatic rings. The number of nitrogens with one attached hydrogen (secondary N) is 1. The molecule has 1 heterocycles. The van der Waals surface area contributed by atoms with Gasteiger partial charge in [0.2, 0.25) is 5.91 Å². The van der Waals surface area contributed by atoms with E-state index >= 15 is 0 Å². The summed E-state index contributed by atoms with van der Waals surface area (Å²) in [5, 5.41) is 2.46. The quantitative estimate of drug-likeness (QED) is 0.728. The van der Waals surface area contributed by atoms with Gasteiger partial charge in [0.05, 0.1) is 13.2 Å². The van der Waals surface area contributed by atoms with Gasteiger partial charge < -0.3 is 20.5 Å². The largest absolute Gasteiger partial charge is 0.444 e. The topological polar surface area (TPSA) is 90.6 Å². The maximum absolute atomic E-state index is 11.6. The molecular weight excluding hydrogens is 236 g/mol. The smallest absolute Gasteiger partial charge is 0.408 e. The maximum Gasteiger partial charge on any atom is 0.408 e. The number of amides is 2. The van der Waals surface area contributed by atoms with Gasteiger partial charge in [-0.3, -0.25) is 4.79 Å². The Morgan fingerprint density at radius 3 is 2.61 bits per heavy atom. The Balaban J connectivity index is 2.66. The molecule has 0 fully saturated rings. The lowest BCUT2D eigenvalue weighted by Crippen LogP contribution is -2.48. The van der Waals surface area contributed by atoms with Crippen molar-refractivity contribution in [2.75, 3.05) is 13.2 Å². The number of hydrogen-bond donors (Lipinski definition) is 2. The van der Waals surface area contributed by atoms with Gasteiger partial charge in [-0.1, -0.05) is 6.08 Å². The van der Waals surface area contributed by atoms with Crippen LogP contribution < -0.4 is 11.1 Å². The SMILES string of the molecule is CC(C)(C)OC(=O)NC(C(N)=O)C1=CCCOC1. The molecule has 1 atom stereocenters. The maximum atomic E-state index is 11.6. The molecule has 2 amide bonds. The molecule has 0 aliphatic carbocycles. The van der Waals surface area contributed by atoms with E-state index in [0.717, 1.165) is 0 Å². The zero-order chi connectivity index (χ0) is 13.8. The van der Waals surface area contributed by atoms with E-state index in [4.69, 9.17) is 15.2 Å². The van der Waals surface area contributed by atoms with Crippen molar-refractivity contribution in [2.45, 2.75) is 38.8 Å². The Kier molecular flexibility index (Phi) is 4.72. The van der Waals surface area contributed by atoms with Crippen LogP contribution in [0, 0.1) is 0 Å². The summed E-state index contributed by atoms with van der Waals surface area (Å²) in [6, 6.07) is -0.875. The van der Waals surface area contributed by atoms with Crippen molar-refractivity contribution in [3.63, 3.8) is 0 Å². The van der Waals surface area contributed by atoms with Crippen LogP contribution in [0.3, 0.4) is 0 Å². The van der Waals surface area contributed by atoms with E-state index in [-0.39, 0.29) is 0 Å². The standard InChI is InChI=1S/C12H20N2O4/c1-12(2,3)18-11(16)14-9(10(13)15)8-5-4-6-17-7-8/h5,9H,4,6-7H2,1-3H3,(H2,13,15)(H,14,16). The van der Waals surface area contributed by atoms with Crippen molar-refractivity contribution in [1.29, 1.82) is 0 Å². The number of carbonyl (C=O) groups is 2. The molecule has 6 heteroatoms. The van der Waals surface area contributed by atoms with E-state index < -0.39 is 23.6 Å². The van der Waals surface area contributed by atoms with E-state index in [1.165, 1.54) is 0 Å². The van der Waals surface area contributed by atoms with Gasteiger partial charge in [0.15, 0.2) is 0 Å². The number of hydrogen-bond acceptors (Lipinski definition) is 4. The molecule has 18 heavy (non-hydrogen) atoms. The van der Waals surface area contributed by atoms with Crippen molar-refractivity contribution in [3.8, 4) is 0 Å². The molecule has 3 N–H and O–H groups in total. The van der Waals surface area contributed by atoms with Crippen molar-refractivity contribution >= 4 is 12.0 Å². The van der Waals surface area contributed by atoms with Crippen LogP contribution >= 0.6 is 0 Å². The van der Waals surface area contributed by atoms with E-state index in [1.807, 2.05) is 6.08 Å². The van der Waals surface area contributed by atoms with E-state index in [9.17, 15) is 9.59 Å². The molecule has 0 saturated carbocycles. The highest BCUT2D eigenvalue weighted by Crippen LogP contribution is 2.12. The minimum atomic E-state index is -0.875. The fraction of sp³-hybridized carbons (Fsp3) is 0.667. The summed E-state index contributed by atoms with van der Waals surface area (Å²) in [7, 11) is 0. The number of carbonyl (C=O) groups excluding carboxylic acids is 2. The van der Waals surface area contributed by atoms with Gasteiger partial charge in [-0.05, 0) is 32.8 Å². The van der Waals surface area contributed by atoms with Crippen molar-refractivity contribution in [3.05, 3.63) is 11.6 Å². The average molecular weight is 256 g/mol. The van der Waals surface area contributed by atoms with Gasteiger partial charge in [0.25, 0.3) is 0 Å². The predicted octanol–water partition coefficient (Wildman–Crippen LogP) is 0.712. The van der Waals surface area contributed by atoms with Crippen LogP contribution in [0.15, 0.2) is 11.6 Å². The minimum Gasteiger partial charge on any atom is -0.444 e. The van der Waals surface area contributed by atoms with Gasteiger partial charge in [-0.15, -0.1) is 0 Å². The zero-order valence-corrected chi connectivity index (χ0v) is 11.0. The molecule has 6 nitrogen and oxygen atoms in total. The van der Waals surface area contributed by atoms with Crippen molar-refractivity contribution < 1.29 is 19.1 Å². The van der Waals surface area contributed by atoms with Crippen LogP contribution in [0.25, 0.3) is 0 Å². The number of nitrogens with two attached hydrogens (primary N) is 1. The highest BCUT2D eigenvalue weighted by molar-refractivity contribution is 5.87. The van der Waals surface area contributed by atoms with Crippen LogP contribution in [0.1, 0.15) is 27.2 Å². The highest BCUT2D eigenvalue weighted by atomic mass is 16.6. The summed E-state index contributed by atoms with van der Waals surface area (Å²) in [5.41, 5.74) is 5.32. The summed E-state index contributed by atoms with van der Waals surface area (Å²) in [6.45, 7) is 6.14. The minimum absolute atomic E-state index is 0.295. The van der Waals surface area contributed by atoms with Crippen LogP contribution in [-0.4, -0.2) is 36.9 Å². The molecule has 1 aliphatic rings. The summed E-state index contributed by atoms with van der Waals surface area (Å²) in [4.78, 5) is 23.0. The molecule has 0 bridgehead atoms. The van der Waals surface area contributed by atoms with Crippen LogP contribution in [0.4, 0.5) is 4.79 Å². The molecule has 0 spiro atoms. The first kappa shape index (κ1) is 14.5. The van der Waals surface area contributed by atoms with Gasteiger partial charge in [-0.25, -0.2) is 4.79 Å². The molecule has 1 rings (SSSR count). The molecular formula is C12H20N2O4. The van der Waals surface area contributed by atoms with E-state index in [0.29, 0.717) is 25.2 Å². The third-order valence-electron chi connectivity index (χ3n) is 2.25. The molecule has 102 valence electrons. The van der Waals surface area contributed by atoms with Gasteiger partial charge >= 0.3 is 6.09 Å². The third kappa shape index (κ3) is 4.75. The molecule has 1 unspecified atom stereocenters. The Morgan fingerprint density at radius 1 is 1.50 bits per heavy atom. The first-order chi connectivity index (χ1) is 8.29. The Hall–Kier alpha value is -1.56. The first-order valence-electron chi connectivity index (χ1n) is 5.85. The molecule has 0 radical (unpaired) electrons. The fourth-order valence-electron chi connectivity index (χ4n) is 1.55. The number of primary amides is 1. The monoisotopic (exact) mass is 256 g/mol. The Morgan fingerprint density at radius 2 is 2.17 bits per heavy atom. The number of rotatable bonds is 3. The Labute approximate surface area is 106 Å². The van der Waals surface area contributed by atoms with E-state index in [2.05, 4.69) is 5.32 Å². The number of alkyl carbamates (subject to hydrolysis) is 1. The average Bonchev–Trinajstić information content (AvgIpc) is 2.24. The second-order valence-corrected chi connectivity index (χ2v) is 5.10. The zero-order valence-electron chi connectivity index (χ0n) is 11.0. The Bertz CT molecular complexity index is 358. The molecule has 0 saturated heterocycles. The molecule has 0 aromatic heterocycles. The van der Waals surface area contributed by atoms with Crippen LogP contribution in [0.5, 0.6) is 0 Å². The van der Waals surface area contributed by atoms with Crippen molar-refractivity contribution in [2.24, 2.45) is 5.73 Å². The predicted molar refractivity (Wildman–Crippen MR) is 65.9 cm³/mol.